The normalized spacial score (nSPS) is 10.4. The van der Waals surface area contributed by atoms with Crippen LogP contribution < -0.4 is 10.6 Å². The average molecular weight is 354 g/mol. The van der Waals surface area contributed by atoms with Crippen LogP contribution in [0.1, 0.15) is 21.6 Å². The first-order valence-electron chi connectivity index (χ1n) is 7.91. The quantitative estimate of drug-likeness (QED) is 0.733. The van der Waals surface area contributed by atoms with E-state index in [9.17, 15) is 13.6 Å². The van der Waals surface area contributed by atoms with Crippen molar-refractivity contribution in [3.05, 3.63) is 83.1 Å². The Labute approximate surface area is 149 Å². The Morgan fingerprint density at radius 3 is 2.27 bits per heavy atom. The van der Waals surface area contributed by atoms with Gasteiger partial charge in [-0.1, -0.05) is 35.9 Å². The number of carbonyl (C=O) groups is 1. The summed E-state index contributed by atoms with van der Waals surface area (Å²) in [4.78, 5) is 12.1. The van der Waals surface area contributed by atoms with E-state index in [1.54, 1.807) is 0 Å². The van der Waals surface area contributed by atoms with Gasteiger partial charge in [0.1, 0.15) is 17.3 Å². The Bertz CT molecular complexity index is 892. The molecule has 0 aliphatic heterocycles. The molecule has 0 aliphatic rings. The van der Waals surface area contributed by atoms with Gasteiger partial charge in [-0.3, -0.25) is 4.79 Å². The van der Waals surface area contributed by atoms with Gasteiger partial charge in [0.25, 0.3) is 5.91 Å². The van der Waals surface area contributed by atoms with Crippen LogP contribution in [0.15, 0.2) is 54.6 Å². The van der Waals surface area contributed by atoms with Crippen LogP contribution >= 0.6 is 0 Å². The van der Waals surface area contributed by atoms with E-state index in [2.05, 4.69) is 20.8 Å². The summed E-state index contributed by atoms with van der Waals surface area (Å²) in [6.07, 6.45) is 0. The fraction of sp³-hybridized carbons (Fsp3) is 0.105. The molecule has 2 aromatic carbocycles. The van der Waals surface area contributed by atoms with Crippen LogP contribution in [-0.4, -0.2) is 16.1 Å². The van der Waals surface area contributed by atoms with Crippen LogP contribution in [0, 0.1) is 18.6 Å². The molecular formula is C19H16F2N4O. The number of benzene rings is 2. The maximum atomic E-state index is 13.6. The van der Waals surface area contributed by atoms with Crippen LogP contribution in [0.4, 0.5) is 20.3 Å². The second-order valence-corrected chi connectivity index (χ2v) is 5.69. The summed E-state index contributed by atoms with van der Waals surface area (Å²) >= 11 is 0. The molecule has 1 heterocycles. The SMILES string of the molecule is Cc1ccc(CNC(=O)c2ccc(Nc3c(F)cccc3F)nn2)cc1. The first-order valence-corrected chi connectivity index (χ1v) is 7.91. The standard InChI is InChI=1S/C19H16F2N4O/c1-12-5-7-13(8-6-12)11-22-19(26)16-9-10-17(25-24-16)23-18-14(20)3-2-4-15(18)21/h2-10H,11H2,1H3,(H,22,26)(H,23,25). The number of hydrogen-bond acceptors (Lipinski definition) is 4. The van der Waals surface area contributed by atoms with Gasteiger partial charge >= 0.3 is 0 Å². The number of carbonyl (C=O) groups excluding carboxylic acids is 1. The number of aryl methyl sites for hydroxylation is 1. The highest BCUT2D eigenvalue weighted by atomic mass is 19.1. The molecule has 0 atom stereocenters. The number of rotatable bonds is 5. The maximum absolute atomic E-state index is 13.6. The number of amides is 1. The molecule has 0 aliphatic carbocycles. The molecule has 0 bridgehead atoms. The zero-order chi connectivity index (χ0) is 18.5. The van der Waals surface area contributed by atoms with E-state index < -0.39 is 11.6 Å². The molecule has 1 amide bonds. The van der Waals surface area contributed by atoms with Gasteiger partial charge in [-0.25, -0.2) is 8.78 Å². The number of aromatic nitrogens is 2. The van der Waals surface area contributed by atoms with Crippen molar-refractivity contribution in [1.82, 2.24) is 15.5 Å². The molecule has 3 aromatic rings. The maximum Gasteiger partial charge on any atom is 0.272 e. The van der Waals surface area contributed by atoms with Gasteiger partial charge in [-0.05, 0) is 36.8 Å². The van der Waals surface area contributed by atoms with Gasteiger partial charge in [0, 0.05) is 6.54 Å². The summed E-state index contributed by atoms with van der Waals surface area (Å²) < 4.78 is 27.2. The van der Waals surface area contributed by atoms with Gasteiger partial charge in [0.2, 0.25) is 0 Å². The zero-order valence-electron chi connectivity index (χ0n) is 14.0. The number of nitrogens with one attached hydrogen (secondary N) is 2. The molecule has 2 N–H and O–H groups in total. The highest BCUT2D eigenvalue weighted by Gasteiger charge is 2.11. The van der Waals surface area contributed by atoms with Crippen molar-refractivity contribution in [2.75, 3.05) is 5.32 Å². The van der Waals surface area contributed by atoms with Crippen LogP contribution in [0.2, 0.25) is 0 Å². The lowest BCUT2D eigenvalue weighted by molar-refractivity contribution is 0.0945. The fourth-order valence-corrected chi connectivity index (χ4v) is 2.24. The fourth-order valence-electron chi connectivity index (χ4n) is 2.24. The molecule has 0 fully saturated rings. The lowest BCUT2D eigenvalue weighted by Crippen LogP contribution is -2.24. The number of hydrogen-bond donors (Lipinski definition) is 2. The Morgan fingerprint density at radius 1 is 0.962 bits per heavy atom. The van der Waals surface area contributed by atoms with Gasteiger partial charge in [-0.15, -0.1) is 10.2 Å². The topological polar surface area (TPSA) is 66.9 Å². The van der Waals surface area contributed by atoms with E-state index in [4.69, 9.17) is 0 Å². The summed E-state index contributed by atoms with van der Waals surface area (Å²) in [6.45, 7) is 2.35. The van der Waals surface area contributed by atoms with Crippen molar-refractivity contribution in [2.24, 2.45) is 0 Å². The molecule has 1 aromatic heterocycles. The molecule has 132 valence electrons. The van der Waals surface area contributed by atoms with Gasteiger partial charge in [0.05, 0.1) is 0 Å². The highest BCUT2D eigenvalue weighted by Crippen LogP contribution is 2.21. The molecule has 0 radical (unpaired) electrons. The molecule has 3 rings (SSSR count). The molecule has 0 spiro atoms. The van der Waals surface area contributed by atoms with E-state index in [0.717, 1.165) is 23.3 Å². The lowest BCUT2D eigenvalue weighted by atomic mass is 10.1. The molecule has 0 unspecified atom stereocenters. The minimum absolute atomic E-state index is 0.108. The summed E-state index contributed by atoms with van der Waals surface area (Å²) in [6, 6.07) is 14.2. The predicted octanol–water partition coefficient (Wildman–Crippen LogP) is 3.74. The van der Waals surface area contributed by atoms with E-state index in [1.807, 2.05) is 31.2 Å². The minimum atomic E-state index is -0.744. The first kappa shape index (κ1) is 17.5. The number of para-hydroxylation sites is 1. The second-order valence-electron chi connectivity index (χ2n) is 5.69. The number of anilines is 2. The third-order valence-electron chi connectivity index (χ3n) is 3.69. The van der Waals surface area contributed by atoms with E-state index >= 15 is 0 Å². The van der Waals surface area contributed by atoms with Crippen molar-refractivity contribution in [1.29, 1.82) is 0 Å². The Morgan fingerprint density at radius 2 is 1.65 bits per heavy atom. The molecule has 7 heteroatoms. The number of halogens is 2. The predicted molar refractivity (Wildman–Crippen MR) is 94.0 cm³/mol. The molecule has 0 saturated heterocycles. The average Bonchev–Trinajstić information content (AvgIpc) is 2.65. The molecule has 26 heavy (non-hydrogen) atoms. The molecule has 0 saturated carbocycles. The van der Waals surface area contributed by atoms with Crippen molar-refractivity contribution in [3.8, 4) is 0 Å². The first-order chi connectivity index (χ1) is 12.5. The Balaban J connectivity index is 1.63. The Kier molecular flexibility index (Phi) is 5.17. The third kappa shape index (κ3) is 4.18. The monoisotopic (exact) mass is 354 g/mol. The molecule has 5 nitrogen and oxygen atoms in total. The van der Waals surface area contributed by atoms with Gasteiger partial charge in [0.15, 0.2) is 11.5 Å². The third-order valence-corrected chi connectivity index (χ3v) is 3.69. The smallest absolute Gasteiger partial charge is 0.272 e. The number of nitrogens with zero attached hydrogens (tertiary/aromatic N) is 2. The van der Waals surface area contributed by atoms with Gasteiger partial charge < -0.3 is 10.6 Å². The van der Waals surface area contributed by atoms with E-state index in [1.165, 1.54) is 18.2 Å². The lowest BCUT2D eigenvalue weighted by Gasteiger charge is -2.08. The van der Waals surface area contributed by atoms with Crippen molar-refractivity contribution >= 4 is 17.4 Å². The van der Waals surface area contributed by atoms with Gasteiger partial charge in [-0.2, -0.15) is 0 Å². The summed E-state index contributed by atoms with van der Waals surface area (Å²) in [5.41, 5.74) is 1.89. The highest BCUT2D eigenvalue weighted by molar-refractivity contribution is 5.92. The van der Waals surface area contributed by atoms with Crippen LogP contribution in [0.3, 0.4) is 0 Å². The molecular weight excluding hydrogens is 338 g/mol. The van der Waals surface area contributed by atoms with Crippen molar-refractivity contribution in [2.45, 2.75) is 13.5 Å². The second kappa shape index (κ2) is 7.69. The van der Waals surface area contributed by atoms with Crippen LogP contribution in [0.25, 0.3) is 0 Å². The summed E-state index contributed by atoms with van der Waals surface area (Å²) in [5.74, 6) is -1.75. The van der Waals surface area contributed by atoms with Crippen LogP contribution in [-0.2, 0) is 6.54 Å². The summed E-state index contributed by atoms with van der Waals surface area (Å²) in [7, 11) is 0. The Hall–Kier alpha value is -3.35. The van der Waals surface area contributed by atoms with Crippen molar-refractivity contribution < 1.29 is 13.6 Å². The largest absolute Gasteiger partial charge is 0.347 e. The van der Waals surface area contributed by atoms with E-state index in [0.29, 0.717) is 6.54 Å². The summed E-state index contributed by atoms with van der Waals surface area (Å²) in [5, 5.41) is 12.8. The van der Waals surface area contributed by atoms with Crippen molar-refractivity contribution in [3.63, 3.8) is 0 Å². The van der Waals surface area contributed by atoms with E-state index in [-0.39, 0.29) is 23.1 Å². The zero-order valence-corrected chi connectivity index (χ0v) is 14.0. The van der Waals surface area contributed by atoms with Crippen LogP contribution in [0.5, 0.6) is 0 Å². The minimum Gasteiger partial charge on any atom is -0.347 e.